The monoisotopic (exact) mass is 418 g/mol. The van der Waals surface area contributed by atoms with Gasteiger partial charge in [0.05, 0.1) is 11.9 Å². The van der Waals surface area contributed by atoms with Crippen LogP contribution in [0.2, 0.25) is 0 Å². The molecule has 4 fully saturated rings. The number of amides is 1. The van der Waals surface area contributed by atoms with Gasteiger partial charge in [-0.05, 0) is 93.7 Å². The molecule has 4 bridgehead atoms. The van der Waals surface area contributed by atoms with Crippen LogP contribution in [0, 0.1) is 31.6 Å². The molecule has 4 saturated carbocycles. The van der Waals surface area contributed by atoms with Crippen molar-refractivity contribution in [2.45, 2.75) is 70.8 Å². The molecule has 0 saturated heterocycles. The first-order valence-electron chi connectivity index (χ1n) is 11.0. The van der Waals surface area contributed by atoms with Crippen molar-refractivity contribution in [3.63, 3.8) is 0 Å². The molecule has 0 heterocycles. The molecule has 0 unspecified atom stereocenters. The third-order valence-electron chi connectivity index (χ3n) is 7.45. The molecular formula is C23H34N2O3S. The van der Waals surface area contributed by atoms with Crippen LogP contribution in [-0.2, 0) is 14.8 Å². The van der Waals surface area contributed by atoms with Gasteiger partial charge in [-0.25, -0.2) is 8.42 Å². The number of carbonyl (C=O) groups excluding carboxylic acids is 1. The summed E-state index contributed by atoms with van der Waals surface area (Å²) in [6.45, 7) is 4.26. The van der Waals surface area contributed by atoms with Gasteiger partial charge < -0.3 is 5.32 Å². The number of nitrogens with zero attached hydrogens (tertiary/aromatic N) is 1. The van der Waals surface area contributed by atoms with Crippen molar-refractivity contribution in [3.8, 4) is 0 Å². The molecule has 0 aliphatic heterocycles. The first-order valence-corrected chi connectivity index (χ1v) is 12.8. The SMILES string of the molecule is Cc1cccc(N(CCCC(=O)NC23CC4CC(CC(C4)C2)C3)S(C)(=O)=O)c1C. The number of carbonyl (C=O) groups is 1. The number of nitrogens with one attached hydrogen (secondary N) is 1. The number of anilines is 1. The second-order valence-corrected chi connectivity index (χ2v) is 11.8. The highest BCUT2D eigenvalue weighted by molar-refractivity contribution is 7.92. The van der Waals surface area contributed by atoms with E-state index < -0.39 is 10.0 Å². The molecule has 1 aromatic carbocycles. The summed E-state index contributed by atoms with van der Waals surface area (Å²) >= 11 is 0. The quantitative estimate of drug-likeness (QED) is 0.729. The van der Waals surface area contributed by atoms with Crippen LogP contribution in [0.3, 0.4) is 0 Å². The smallest absolute Gasteiger partial charge is 0.232 e. The van der Waals surface area contributed by atoms with Crippen LogP contribution in [0.4, 0.5) is 5.69 Å². The minimum Gasteiger partial charge on any atom is -0.351 e. The minimum atomic E-state index is -3.40. The number of benzene rings is 1. The van der Waals surface area contributed by atoms with Gasteiger partial charge in [-0.2, -0.15) is 0 Å². The van der Waals surface area contributed by atoms with Gasteiger partial charge in [0.25, 0.3) is 0 Å². The van der Waals surface area contributed by atoms with Crippen LogP contribution in [0.5, 0.6) is 0 Å². The lowest BCUT2D eigenvalue weighted by molar-refractivity contribution is -0.126. The van der Waals surface area contributed by atoms with E-state index >= 15 is 0 Å². The summed E-state index contributed by atoms with van der Waals surface area (Å²) in [6, 6.07) is 5.71. The van der Waals surface area contributed by atoms with Crippen LogP contribution < -0.4 is 9.62 Å². The number of hydrogen-bond donors (Lipinski definition) is 1. The van der Waals surface area contributed by atoms with E-state index in [1.54, 1.807) is 0 Å². The van der Waals surface area contributed by atoms with E-state index in [0.29, 0.717) is 25.1 Å². The molecule has 1 N–H and O–H groups in total. The van der Waals surface area contributed by atoms with Gasteiger partial charge in [0.2, 0.25) is 15.9 Å². The Balaban J connectivity index is 1.37. The highest BCUT2D eigenvalue weighted by atomic mass is 32.2. The molecule has 0 atom stereocenters. The molecule has 4 aliphatic carbocycles. The summed E-state index contributed by atoms with van der Waals surface area (Å²) in [6.07, 6.45) is 9.63. The summed E-state index contributed by atoms with van der Waals surface area (Å²) in [4.78, 5) is 12.7. The second kappa shape index (κ2) is 7.60. The maximum Gasteiger partial charge on any atom is 0.232 e. The molecular weight excluding hydrogens is 384 g/mol. The zero-order chi connectivity index (χ0) is 20.8. The third kappa shape index (κ3) is 4.32. The standard InChI is InChI=1S/C23H34N2O3S/c1-16-6-4-7-21(17(16)2)25(29(3,27)28)9-5-8-22(26)24-23-13-18-10-19(14-23)12-20(11-18)15-23/h4,6-7,18-20H,5,8-15H2,1-3H3,(H,24,26). The number of rotatable bonds is 7. The van der Waals surface area contributed by atoms with Crippen LogP contribution in [0.15, 0.2) is 18.2 Å². The van der Waals surface area contributed by atoms with E-state index in [1.807, 2.05) is 32.0 Å². The molecule has 0 spiro atoms. The lowest BCUT2D eigenvalue weighted by atomic mass is 9.53. The van der Waals surface area contributed by atoms with Crippen molar-refractivity contribution in [2.24, 2.45) is 17.8 Å². The first-order chi connectivity index (χ1) is 13.7. The molecule has 5 nitrogen and oxygen atoms in total. The van der Waals surface area contributed by atoms with Gasteiger partial charge in [0.1, 0.15) is 0 Å². The molecule has 1 amide bonds. The lowest BCUT2D eigenvalue weighted by Gasteiger charge is -2.56. The second-order valence-electron chi connectivity index (χ2n) is 9.90. The zero-order valence-electron chi connectivity index (χ0n) is 17.9. The highest BCUT2D eigenvalue weighted by Crippen LogP contribution is 2.55. The van der Waals surface area contributed by atoms with Crippen molar-refractivity contribution < 1.29 is 13.2 Å². The van der Waals surface area contributed by atoms with Gasteiger partial charge >= 0.3 is 0 Å². The molecule has 29 heavy (non-hydrogen) atoms. The van der Waals surface area contributed by atoms with Gasteiger partial charge in [-0.1, -0.05) is 12.1 Å². The predicted octanol–water partition coefficient (Wildman–Crippen LogP) is 3.93. The molecule has 6 heteroatoms. The number of sulfonamides is 1. The Hall–Kier alpha value is -1.56. The van der Waals surface area contributed by atoms with Crippen LogP contribution in [-0.4, -0.2) is 32.7 Å². The van der Waals surface area contributed by atoms with Gasteiger partial charge in [-0.15, -0.1) is 0 Å². The lowest BCUT2D eigenvalue weighted by Crippen LogP contribution is -2.59. The van der Waals surface area contributed by atoms with Crippen molar-refractivity contribution in [1.82, 2.24) is 5.32 Å². The number of hydrogen-bond acceptors (Lipinski definition) is 3. The topological polar surface area (TPSA) is 66.5 Å². The largest absolute Gasteiger partial charge is 0.351 e. The fourth-order valence-corrected chi connectivity index (χ4v) is 7.49. The van der Waals surface area contributed by atoms with E-state index in [2.05, 4.69) is 5.32 Å². The van der Waals surface area contributed by atoms with Crippen molar-refractivity contribution in [3.05, 3.63) is 29.3 Å². The summed E-state index contributed by atoms with van der Waals surface area (Å²) in [5.74, 6) is 2.48. The van der Waals surface area contributed by atoms with E-state index in [1.165, 1.54) is 29.8 Å². The van der Waals surface area contributed by atoms with Gasteiger partial charge in [-0.3, -0.25) is 9.10 Å². The Morgan fingerprint density at radius 3 is 2.24 bits per heavy atom. The minimum absolute atomic E-state index is 0.0233. The Kier molecular flexibility index (Phi) is 5.43. The van der Waals surface area contributed by atoms with Crippen molar-refractivity contribution in [2.75, 3.05) is 17.1 Å². The zero-order valence-corrected chi connectivity index (χ0v) is 18.7. The Morgan fingerprint density at radius 1 is 1.10 bits per heavy atom. The molecule has 5 rings (SSSR count). The maximum absolute atomic E-state index is 12.7. The van der Waals surface area contributed by atoms with Crippen LogP contribution in [0.25, 0.3) is 0 Å². The van der Waals surface area contributed by atoms with Crippen LogP contribution in [0.1, 0.15) is 62.5 Å². The van der Waals surface area contributed by atoms with Gasteiger partial charge in [0, 0.05) is 18.5 Å². The van der Waals surface area contributed by atoms with Crippen molar-refractivity contribution >= 4 is 21.6 Å². The molecule has 0 aromatic heterocycles. The molecule has 0 radical (unpaired) electrons. The fourth-order valence-electron chi connectivity index (χ4n) is 6.48. The highest BCUT2D eigenvalue weighted by Gasteiger charge is 2.51. The molecule has 160 valence electrons. The summed E-state index contributed by atoms with van der Waals surface area (Å²) < 4.78 is 26.2. The average Bonchev–Trinajstić information content (AvgIpc) is 2.59. The molecule has 1 aromatic rings. The van der Waals surface area contributed by atoms with E-state index in [9.17, 15) is 13.2 Å². The number of aryl methyl sites for hydroxylation is 1. The van der Waals surface area contributed by atoms with Crippen molar-refractivity contribution in [1.29, 1.82) is 0 Å². The Morgan fingerprint density at radius 2 is 1.69 bits per heavy atom. The first kappa shape index (κ1) is 20.7. The Bertz CT molecular complexity index is 858. The average molecular weight is 419 g/mol. The summed E-state index contributed by atoms with van der Waals surface area (Å²) in [5.41, 5.74) is 2.77. The van der Waals surface area contributed by atoms with E-state index in [4.69, 9.17) is 0 Å². The maximum atomic E-state index is 12.7. The normalized spacial score (nSPS) is 30.4. The van der Waals surface area contributed by atoms with E-state index in [-0.39, 0.29) is 11.4 Å². The fraction of sp³-hybridized carbons (Fsp3) is 0.696. The Labute approximate surface area is 175 Å². The van der Waals surface area contributed by atoms with Gasteiger partial charge in [0.15, 0.2) is 0 Å². The summed E-state index contributed by atoms with van der Waals surface area (Å²) in [5, 5.41) is 3.39. The third-order valence-corrected chi connectivity index (χ3v) is 8.63. The summed E-state index contributed by atoms with van der Waals surface area (Å²) in [7, 11) is -3.40. The van der Waals surface area contributed by atoms with E-state index in [0.717, 1.165) is 48.1 Å². The molecule has 4 aliphatic rings. The van der Waals surface area contributed by atoms with Crippen LogP contribution >= 0.6 is 0 Å². The predicted molar refractivity (Wildman–Crippen MR) is 116 cm³/mol.